The third kappa shape index (κ3) is 5.71. The first-order valence-corrected chi connectivity index (χ1v) is 3.19. The van der Waals surface area contributed by atoms with Gasteiger partial charge in [-0.15, -0.1) is 0 Å². The quantitative estimate of drug-likeness (QED) is 0.535. The Kier molecular flexibility index (Phi) is 5.33. The van der Waals surface area contributed by atoms with Gasteiger partial charge in [-0.25, -0.2) is 9.59 Å². The summed E-state index contributed by atoms with van der Waals surface area (Å²) in [6, 6.07) is 0. The van der Waals surface area contributed by atoms with Crippen molar-refractivity contribution in [2.45, 2.75) is 6.36 Å². The number of halogens is 1. The first-order chi connectivity index (χ1) is 6.10. The second-order valence-corrected chi connectivity index (χ2v) is 1.75. The summed E-state index contributed by atoms with van der Waals surface area (Å²) in [5, 5.41) is 0. The topological polar surface area (TPSA) is 71.1 Å². The normalized spacial score (nSPS) is 19.0. The molecule has 1 saturated heterocycles. The Morgan fingerprint density at radius 2 is 2.08 bits per heavy atom. The zero-order valence-electron chi connectivity index (χ0n) is 7.11. The van der Waals surface area contributed by atoms with Crippen molar-refractivity contribution in [2.24, 2.45) is 0 Å². The fraction of sp³-hybridized carbons (Fsp3) is 0.667. The highest BCUT2D eigenvalue weighted by Gasteiger charge is 2.23. The molecule has 0 aliphatic carbocycles. The Morgan fingerprint density at radius 3 is 2.15 bits per heavy atom. The van der Waals surface area contributed by atoms with Gasteiger partial charge >= 0.3 is 12.3 Å². The predicted molar refractivity (Wildman–Crippen MR) is 36.7 cm³/mol. The molecule has 0 bridgehead atoms. The van der Waals surface area contributed by atoms with Crippen molar-refractivity contribution in [1.82, 2.24) is 0 Å². The van der Waals surface area contributed by atoms with Crippen LogP contribution in [0, 0.1) is 0 Å². The molecule has 0 saturated carbocycles. The first kappa shape index (κ1) is 11.5. The monoisotopic (exact) mass is 196 g/mol. The standard InChI is InChI=1S/C3H3FO3.C3H6O3/c4-2-1-6-3(5)7-2;1-5-3(4)6-2/h2H,1H2;1-2H3. The summed E-state index contributed by atoms with van der Waals surface area (Å²) in [4.78, 5) is 19.5. The molecule has 0 amide bonds. The molecule has 0 N–H and O–H groups in total. The molecule has 1 aliphatic heterocycles. The molecule has 76 valence electrons. The maximum Gasteiger partial charge on any atom is 0.511 e. The van der Waals surface area contributed by atoms with Gasteiger partial charge in [0.25, 0.3) is 6.36 Å². The molecule has 7 heteroatoms. The highest BCUT2D eigenvalue weighted by molar-refractivity contribution is 5.61. The molecule has 1 atom stereocenters. The Labute approximate surface area is 73.5 Å². The molecule has 13 heavy (non-hydrogen) atoms. The van der Waals surface area contributed by atoms with Crippen LogP contribution in [0.1, 0.15) is 0 Å². The van der Waals surface area contributed by atoms with Crippen LogP contribution in [0.4, 0.5) is 14.0 Å². The molecule has 0 aromatic carbocycles. The lowest BCUT2D eigenvalue weighted by atomic mass is 10.8. The third-order valence-corrected chi connectivity index (χ3v) is 0.890. The first-order valence-electron chi connectivity index (χ1n) is 3.19. The molecular weight excluding hydrogens is 187 g/mol. The molecule has 1 rings (SSSR count). The Balaban J connectivity index is 0.000000226. The zero-order valence-corrected chi connectivity index (χ0v) is 7.11. The molecule has 1 aliphatic rings. The number of rotatable bonds is 0. The minimum Gasteiger partial charge on any atom is -0.438 e. The second kappa shape index (κ2) is 6.04. The zero-order chi connectivity index (χ0) is 10.3. The number of ether oxygens (including phenoxy) is 4. The van der Waals surface area contributed by atoms with Crippen molar-refractivity contribution in [3.05, 3.63) is 0 Å². The van der Waals surface area contributed by atoms with Crippen LogP contribution in [-0.4, -0.2) is 39.5 Å². The van der Waals surface area contributed by atoms with Crippen molar-refractivity contribution in [1.29, 1.82) is 0 Å². The van der Waals surface area contributed by atoms with E-state index in [1.807, 2.05) is 0 Å². The third-order valence-electron chi connectivity index (χ3n) is 0.890. The van der Waals surface area contributed by atoms with Gasteiger partial charge in [-0.05, 0) is 0 Å². The summed E-state index contributed by atoms with van der Waals surface area (Å²) in [6.07, 6.45) is -3.13. The summed E-state index contributed by atoms with van der Waals surface area (Å²) in [5.74, 6) is 0. The van der Waals surface area contributed by atoms with E-state index in [4.69, 9.17) is 0 Å². The van der Waals surface area contributed by atoms with Gasteiger partial charge in [-0.2, -0.15) is 4.39 Å². The van der Waals surface area contributed by atoms with Crippen LogP contribution in [0.3, 0.4) is 0 Å². The van der Waals surface area contributed by atoms with Gasteiger partial charge in [-0.3, -0.25) is 0 Å². The SMILES string of the molecule is COC(=O)OC.O=C1OCC(F)O1. The highest BCUT2D eigenvalue weighted by Crippen LogP contribution is 2.05. The van der Waals surface area contributed by atoms with E-state index in [-0.39, 0.29) is 6.61 Å². The van der Waals surface area contributed by atoms with Crippen LogP contribution < -0.4 is 0 Å². The van der Waals surface area contributed by atoms with Crippen molar-refractivity contribution < 1.29 is 32.9 Å². The molecule has 6 nitrogen and oxygen atoms in total. The average molecular weight is 196 g/mol. The lowest BCUT2D eigenvalue weighted by Gasteiger charge is -1.89. The summed E-state index contributed by atoms with van der Waals surface area (Å²) >= 11 is 0. The molecule has 1 unspecified atom stereocenters. The minimum absolute atomic E-state index is 0.265. The fourth-order valence-electron chi connectivity index (χ4n) is 0.389. The van der Waals surface area contributed by atoms with Crippen molar-refractivity contribution >= 4 is 12.3 Å². The maximum atomic E-state index is 11.6. The van der Waals surface area contributed by atoms with Gasteiger partial charge < -0.3 is 18.9 Å². The number of alkyl halides is 1. The Bertz CT molecular complexity index is 176. The van der Waals surface area contributed by atoms with Crippen LogP contribution in [0.15, 0.2) is 0 Å². The Morgan fingerprint density at radius 1 is 1.54 bits per heavy atom. The van der Waals surface area contributed by atoms with Crippen molar-refractivity contribution in [3.8, 4) is 0 Å². The van der Waals surface area contributed by atoms with Gasteiger partial charge in [0, 0.05) is 0 Å². The van der Waals surface area contributed by atoms with Gasteiger partial charge in [0.05, 0.1) is 14.2 Å². The maximum absolute atomic E-state index is 11.6. The smallest absolute Gasteiger partial charge is 0.438 e. The van der Waals surface area contributed by atoms with E-state index >= 15 is 0 Å². The molecule has 0 radical (unpaired) electrons. The average Bonchev–Trinajstić information content (AvgIpc) is 2.49. The van der Waals surface area contributed by atoms with E-state index < -0.39 is 18.7 Å². The van der Waals surface area contributed by atoms with E-state index in [1.165, 1.54) is 14.2 Å². The van der Waals surface area contributed by atoms with Crippen molar-refractivity contribution in [2.75, 3.05) is 20.8 Å². The summed E-state index contributed by atoms with van der Waals surface area (Å²) < 4.78 is 27.5. The van der Waals surface area contributed by atoms with E-state index in [1.54, 1.807) is 0 Å². The number of hydrogen-bond acceptors (Lipinski definition) is 6. The summed E-state index contributed by atoms with van der Waals surface area (Å²) in [6.45, 7) is -0.265. The van der Waals surface area contributed by atoms with E-state index in [0.717, 1.165) is 0 Å². The summed E-state index contributed by atoms with van der Waals surface area (Å²) in [7, 11) is 2.51. The molecule has 0 aromatic rings. The lowest BCUT2D eigenvalue weighted by molar-refractivity contribution is 0.0572. The van der Waals surface area contributed by atoms with Gasteiger partial charge in [0.1, 0.15) is 0 Å². The number of carbonyl (C=O) groups excluding carboxylic acids is 2. The molecular formula is C6H9FO6. The fourth-order valence-corrected chi connectivity index (χ4v) is 0.389. The van der Waals surface area contributed by atoms with Crippen LogP contribution in [0.5, 0.6) is 0 Å². The van der Waals surface area contributed by atoms with Crippen LogP contribution in [-0.2, 0) is 18.9 Å². The van der Waals surface area contributed by atoms with Gasteiger partial charge in [-0.1, -0.05) is 0 Å². The highest BCUT2D eigenvalue weighted by atomic mass is 19.1. The summed E-state index contributed by atoms with van der Waals surface area (Å²) in [5.41, 5.74) is 0. The van der Waals surface area contributed by atoms with Crippen LogP contribution in [0.25, 0.3) is 0 Å². The van der Waals surface area contributed by atoms with Gasteiger partial charge in [0.2, 0.25) is 0 Å². The van der Waals surface area contributed by atoms with Crippen LogP contribution in [0.2, 0.25) is 0 Å². The molecule has 0 spiro atoms. The largest absolute Gasteiger partial charge is 0.511 e. The second-order valence-electron chi connectivity index (χ2n) is 1.75. The van der Waals surface area contributed by atoms with E-state index in [0.29, 0.717) is 0 Å². The number of carbonyl (C=O) groups is 2. The molecule has 1 fully saturated rings. The lowest BCUT2D eigenvalue weighted by Crippen LogP contribution is -1.98. The van der Waals surface area contributed by atoms with E-state index in [2.05, 4.69) is 18.9 Å². The van der Waals surface area contributed by atoms with Gasteiger partial charge in [0.15, 0.2) is 6.61 Å². The molecule has 0 aromatic heterocycles. The number of hydrogen-bond donors (Lipinski definition) is 0. The minimum atomic E-state index is -1.55. The Hall–Kier alpha value is -1.53. The number of methoxy groups -OCH3 is 2. The molecule has 1 heterocycles. The number of cyclic esters (lactones) is 2. The van der Waals surface area contributed by atoms with Crippen molar-refractivity contribution in [3.63, 3.8) is 0 Å². The van der Waals surface area contributed by atoms with E-state index in [9.17, 15) is 14.0 Å². The van der Waals surface area contributed by atoms with Crippen LogP contribution >= 0.6 is 0 Å². The predicted octanol–water partition coefficient (Wildman–Crippen LogP) is 0.848.